The molecule has 0 saturated carbocycles. The minimum absolute atomic E-state index is 0.0196. The molecule has 2 aromatic carbocycles. The molecule has 3 nitrogen and oxygen atoms in total. The minimum Gasteiger partial charge on any atom is -0.361 e. The lowest BCUT2D eigenvalue weighted by molar-refractivity contribution is 0.0611. The summed E-state index contributed by atoms with van der Waals surface area (Å²) in [5.41, 5.74) is 2.67. The van der Waals surface area contributed by atoms with Gasteiger partial charge in [-0.25, -0.2) is 4.39 Å². The van der Waals surface area contributed by atoms with E-state index in [1.807, 2.05) is 35.4 Å². The third kappa shape index (κ3) is 2.68. The zero-order chi connectivity index (χ0) is 16.5. The smallest absolute Gasteiger partial charge is 0.254 e. The van der Waals surface area contributed by atoms with E-state index in [2.05, 4.69) is 4.98 Å². The Hall–Kier alpha value is -2.62. The predicted molar refractivity (Wildman–Crippen MR) is 92.3 cm³/mol. The summed E-state index contributed by atoms with van der Waals surface area (Å²) >= 11 is 0. The zero-order valence-electron chi connectivity index (χ0n) is 13.3. The monoisotopic (exact) mass is 322 g/mol. The molecule has 1 aliphatic heterocycles. The quantitative estimate of drug-likeness (QED) is 0.731. The number of aromatic amines is 1. The van der Waals surface area contributed by atoms with Crippen molar-refractivity contribution in [3.05, 3.63) is 71.7 Å². The van der Waals surface area contributed by atoms with E-state index in [1.165, 1.54) is 12.1 Å². The largest absolute Gasteiger partial charge is 0.361 e. The Morgan fingerprint density at radius 2 is 1.92 bits per heavy atom. The van der Waals surface area contributed by atoms with Crippen LogP contribution in [-0.4, -0.2) is 22.3 Å². The molecule has 1 N–H and O–H groups in total. The average molecular weight is 322 g/mol. The van der Waals surface area contributed by atoms with Gasteiger partial charge in [0.15, 0.2) is 0 Å². The topological polar surface area (TPSA) is 36.1 Å². The first kappa shape index (κ1) is 14.9. The van der Waals surface area contributed by atoms with Gasteiger partial charge in [-0.2, -0.15) is 0 Å². The zero-order valence-corrected chi connectivity index (χ0v) is 13.3. The van der Waals surface area contributed by atoms with E-state index in [9.17, 15) is 9.18 Å². The van der Waals surface area contributed by atoms with Crippen molar-refractivity contribution in [3.63, 3.8) is 0 Å². The van der Waals surface area contributed by atoms with Crippen LogP contribution in [0.1, 0.15) is 41.2 Å². The Balaban J connectivity index is 1.66. The van der Waals surface area contributed by atoms with Gasteiger partial charge in [-0.3, -0.25) is 4.79 Å². The SMILES string of the molecule is O=C(c1ccc2cc[nH]c2c1)N1CCCC[C@H]1c1ccc(F)cc1. The molecule has 0 radical (unpaired) electrons. The first-order chi connectivity index (χ1) is 11.7. The van der Waals surface area contributed by atoms with Crippen LogP contribution in [0.25, 0.3) is 10.9 Å². The van der Waals surface area contributed by atoms with Crippen LogP contribution in [0.15, 0.2) is 54.7 Å². The van der Waals surface area contributed by atoms with Crippen LogP contribution in [0, 0.1) is 5.82 Å². The molecule has 1 fully saturated rings. The summed E-state index contributed by atoms with van der Waals surface area (Å²) in [6, 6.07) is 14.3. The molecule has 24 heavy (non-hydrogen) atoms. The van der Waals surface area contributed by atoms with Crippen LogP contribution in [0.2, 0.25) is 0 Å². The third-order valence-electron chi connectivity index (χ3n) is 4.82. The van der Waals surface area contributed by atoms with Gasteiger partial charge in [0.25, 0.3) is 5.91 Å². The van der Waals surface area contributed by atoms with Crippen molar-refractivity contribution in [2.75, 3.05) is 6.54 Å². The number of amides is 1. The van der Waals surface area contributed by atoms with Gasteiger partial charge in [0.2, 0.25) is 0 Å². The Morgan fingerprint density at radius 1 is 1.08 bits per heavy atom. The summed E-state index contributed by atoms with van der Waals surface area (Å²) in [7, 11) is 0. The lowest BCUT2D eigenvalue weighted by atomic mass is 9.94. The van der Waals surface area contributed by atoms with Gasteiger partial charge in [-0.05, 0) is 60.5 Å². The van der Waals surface area contributed by atoms with Crippen molar-refractivity contribution in [1.82, 2.24) is 9.88 Å². The molecule has 1 aliphatic rings. The number of piperidine rings is 1. The molecule has 4 rings (SSSR count). The minimum atomic E-state index is -0.246. The summed E-state index contributed by atoms with van der Waals surface area (Å²) in [6.07, 6.45) is 4.89. The van der Waals surface area contributed by atoms with E-state index in [-0.39, 0.29) is 17.8 Å². The highest BCUT2D eigenvalue weighted by molar-refractivity contribution is 5.98. The van der Waals surface area contributed by atoms with Crippen LogP contribution in [0.4, 0.5) is 4.39 Å². The van der Waals surface area contributed by atoms with Crippen LogP contribution in [0.3, 0.4) is 0 Å². The van der Waals surface area contributed by atoms with E-state index >= 15 is 0 Å². The van der Waals surface area contributed by atoms with Crippen LogP contribution in [0.5, 0.6) is 0 Å². The molecule has 4 heteroatoms. The first-order valence-electron chi connectivity index (χ1n) is 8.36. The first-order valence-corrected chi connectivity index (χ1v) is 8.36. The van der Waals surface area contributed by atoms with Gasteiger partial charge < -0.3 is 9.88 Å². The molecule has 0 bridgehead atoms. The molecular formula is C20H19FN2O. The number of carbonyl (C=O) groups is 1. The number of H-pyrrole nitrogens is 1. The number of nitrogens with zero attached hydrogens (tertiary/aromatic N) is 1. The molecule has 122 valence electrons. The van der Waals surface area contributed by atoms with Crippen molar-refractivity contribution < 1.29 is 9.18 Å². The fourth-order valence-corrected chi connectivity index (χ4v) is 3.55. The number of aromatic nitrogens is 1. The van der Waals surface area contributed by atoms with E-state index in [4.69, 9.17) is 0 Å². The lowest BCUT2D eigenvalue weighted by Crippen LogP contribution is -2.38. The maximum absolute atomic E-state index is 13.2. The average Bonchev–Trinajstić information content (AvgIpc) is 3.09. The summed E-state index contributed by atoms with van der Waals surface area (Å²) in [5, 5.41) is 1.10. The Kier molecular flexibility index (Phi) is 3.81. The number of hydrogen-bond acceptors (Lipinski definition) is 1. The summed E-state index contributed by atoms with van der Waals surface area (Å²) < 4.78 is 13.2. The Bertz CT molecular complexity index is 869. The predicted octanol–water partition coefficient (Wildman–Crippen LogP) is 4.67. The number of rotatable bonds is 2. The molecule has 1 aromatic heterocycles. The maximum atomic E-state index is 13.2. The highest BCUT2D eigenvalue weighted by Crippen LogP contribution is 2.32. The van der Waals surface area contributed by atoms with Crippen molar-refractivity contribution in [3.8, 4) is 0 Å². The van der Waals surface area contributed by atoms with Crippen molar-refractivity contribution in [2.24, 2.45) is 0 Å². The molecule has 2 heterocycles. The van der Waals surface area contributed by atoms with Gasteiger partial charge >= 0.3 is 0 Å². The second kappa shape index (κ2) is 6.11. The van der Waals surface area contributed by atoms with E-state index in [0.29, 0.717) is 5.56 Å². The van der Waals surface area contributed by atoms with Crippen LogP contribution >= 0.6 is 0 Å². The number of benzene rings is 2. The summed E-state index contributed by atoms with van der Waals surface area (Å²) in [5.74, 6) is -0.204. The number of hydrogen-bond donors (Lipinski definition) is 1. The van der Waals surface area contributed by atoms with Gasteiger partial charge in [0.1, 0.15) is 5.82 Å². The number of nitrogens with one attached hydrogen (secondary N) is 1. The van der Waals surface area contributed by atoms with Gasteiger partial charge in [0.05, 0.1) is 6.04 Å². The fourth-order valence-electron chi connectivity index (χ4n) is 3.55. The molecule has 1 amide bonds. The highest BCUT2D eigenvalue weighted by Gasteiger charge is 2.28. The molecule has 1 atom stereocenters. The second-order valence-corrected chi connectivity index (χ2v) is 6.34. The Morgan fingerprint density at radius 3 is 2.75 bits per heavy atom. The maximum Gasteiger partial charge on any atom is 0.254 e. The highest BCUT2D eigenvalue weighted by atomic mass is 19.1. The van der Waals surface area contributed by atoms with Crippen LogP contribution < -0.4 is 0 Å². The number of fused-ring (bicyclic) bond motifs is 1. The second-order valence-electron chi connectivity index (χ2n) is 6.34. The molecule has 3 aromatic rings. The van der Waals surface area contributed by atoms with Gasteiger partial charge in [0, 0.05) is 23.8 Å². The van der Waals surface area contributed by atoms with E-state index < -0.39 is 0 Å². The number of carbonyl (C=O) groups excluding carboxylic acids is 1. The van der Waals surface area contributed by atoms with Crippen molar-refractivity contribution >= 4 is 16.8 Å². The van der Waals surface area contributed by atoms with Gasteiger partial charge in [-0.1, -0.05) is 18.2 Å². The summed E-state index contributed by atoms with van der Waals surface area (Å²) in [6.45, 7) is 0.740. The molecule has 1 saturated heterocycles. The van der Waals surface area contributed by atoms with Crippen molar-refractivity contribution in [2.45, 2.75) is 25.3 Å². The number of likely N-dealkylation sites (tertiary alicyclic amines) is 1. The van der Waals surface area contributed by atoms with E-state index in [0.717, 1.165) is 42.3 Å². The third-order valence-corrected chi connectivity index (χ3v) is 4.82. The van der Waals surface area contributed by atoms with Crippen molar-refractivity contribution in [1.29, 1.82) is 0 Å². The molecule has 0 aliphatic carbocycles. The van der Waals surface area contributed by atoms with Gasteiger partial charge in [-0.15, -0.1) is 0 Å². The molecule has 0 unspecified atom stereocenters. The molecule has 0 spiro atoms. The fraction of sp³-hybridized carbons (Fsp3) is 0.250. The van der Waals surface area contributed by atoms with Crippen LogP contribution in [-0.2, 0) is 0 Å². The standard InChI is InChI=1S/C20H19FN2O/c21-17-8-6-15(7-9-17)19-3-1-2-12-23(19)20(24)16-5-4-14-10-11-22-18(14)13-16/h4-11,13,19,22H,1-3,12H2/t19-/m0/s1. The summed E-state index contributed by atoms with van der Waals surface area (Å²) in [4.78, 5) is 18.1. The van der Waals surface area contributed by atoms with E-state index in [1.54, 1.807) is 12.1 Å². The Labute approximate surface area is 140 Å². The number of halogens is 1. The molecular weight excluding hydrogens is 303 g/mol. The lowest BCUT2D eigenvalue weighted by Gasteiger charge is -2.36. The normalized spacial score (nSPS) is 18.0.